The van der Waals surface area contributed by atoms with Crippen LogP contribution in [0.15, 0.2) is 54.6 Å². The average molecular weight is 422 g/mol. The van der Waals surface area contributed by atoms with E-state index in [0.717, 1.165) is 48.8 Å². The first-order chi connectivity index (χ1) is 15.1. The van der Waals surface area contributed by atoms with Gasteiger partial charge in [0.15, 0.2) is 0 Å². The molecule has 4 heteroatoms. The van der Waals surface area contributed by atoms with Gasteiger partial charge in [0, 0.05) is 23.1 Å². The van der Waals surface area contributed by atoms with Crippen LogP contribution in [-0.4, -0.2) is 22.8 Å². The van der Waals surface area contributed by atoms with Gasteiger partial charge in [-0.05, 0) is 62.9 Å². The summed E-state index contributed by atoms with van der Waals surface area (Å²) in [5.74, 6) is -0.0489. The van der Waals surface area contributed by atoms with Crippen LogP contribution in [0.3, 0.4) is 0 Å². The second-order valence-corrected chi connectivity index (χ2v) is 8.03. The molecule has 1 N–H and O–H groups in total. The minimum absolute atomic E-state index is 0.207. The van der Waals surface area contributed by atoms with Crippen LogP contribution >= 0.6 is 0 Å². The molecule has 0 aliphatic carbocycles. The van der Waals surface area contributed by atoms with Crippen LogP contribution < -0.4 is 0 Å². The number of pyridine rings is 1. The number of hydrogen-bond acceptors (Lipinski definition) is 3. The minimum atomic E-state index is -0.256. The fourth-order valence-corrected chi connectivity index (χ4v) is 3.55. The van der Waals surface area contributed by atoms with Crippen molar-refractivity contribution in [1.82, 2.24) is 4.98 Å². The number of halogens is 1. The quantitative estimate of drug-likeness (QED) is 0.325. The van der Waals surface area contributed by atoms with Crippen LogP contribution in [0.5, 0.6) is 5.75 Å². The smallest absolute Gasteiger partial charge is 0.131 e. The Labute approximate surface area is 184 Å². The summed E-state index contributed by atoms with van der Waals surface area (Å²) in [6.45, 7) is 5.16. The molecule has 0 radical (unpaired) electrons. The second-order valence-electron chi connectivity index (χ2n) is 8.03. The summed E-state index contributed by atoms with van der Waals surface area (Å²) in [7, 11) is 0. The number of phenols is 1. The van der Waals surface area contributed by atoms with Gasteiger partial charge in [-0.3, -0.25) is 0 Å². The van der Waals surface area contributed by atoms with Crippen LogP contribution in [0.2, 0.25) is 0 Å². The number of aromatic hydroxyl groups is 1. The van der Waals surface area contributed by atoms with Gasteiger partial charge in [-0.25, -0.2) is 9.37 Å². The number of fused-ring (bicyclic) bond motifs is 1. The number of hydrogen-bond donors (Lipinski definition) is 1. The largest absolute Gasteiger partial charge is 0.508 e. The number of unbranched alkanes of at least 4 members (excludes halogenated alkanes) is 3. The number of rotatable bonds is 11. The zero-order valence-electron chi connectivity index (χ0n) is 18.5. The average Bonchev–Trinajstić information content (AvgIpc) is 2.77. The third-order valence-corrected chi connectivity index (χ3v) is 5.40. The van der Waals surface area contributed by atoms with E-state index in [1.807, 2.05) is 30.4 Å². The maximum absolute atomic E-state index is 14.6. The van der Waals surface area contributed by atoms with Crippen molar-refractivity contribution in [1.29, 1.82) is 0 Å². The second kappa shape index (κ2) is 11.6. The van der Waals surface area contributed by atoms with Gasteiger partial charge >= 0.3 is 0 Å². The van der Waals surface area contributed by atoms with E-state index in [9.17, 15) is 9.50 Å². The molecular weight excluding hydrogens is 389 g/mol. The van der Waals surface area contributed by atoms with Gasteiger partial charge in [0.1, 0.15) is 11.6 Å². The Morgan fingerprint density at radius 2 is 1.94 bits per heavy atom. The highest BCUT2D eigenvalue weighted by molar-refractivity contribution is 5.82. The summed E-state index contributed by atoms with van der Waals surface area (Å²) in [5.41, 5.74) is 2.79. The number of ether oxygens (including phenoxy) is 1. The maximum atomic E-state index is 14.6. The molecule has 0 bridgehead atoms. The van der Waals surface area contributed by atoms with Gasteiger partial charge in [0.25, 0.3) is 0 Å². The summed E-state index contributed by atoms with van der Waals surface area (Å²) < 4.78 is 20.4. The van der Waals surface area contributed by atoms with Crippen LogP contribution in [-0.2, 0) is 4.74 Å². The molecule has 0 aliphatic rings. The van der Waals surface area contributed by atoms with Crippen molar-refractivity contribution in [3.63, 3.8) is 0 Å². The predicted molar refractivity (Wildman–Crippen MR) is 127 cm³/mol. The third kappa shape index (κ3) is 6.90. The zero-order valence-corrected chi connectivity index (χ0v) is 18.5. The Morgan fingerprint density at radius 1 is 1.06 bits per heavy atom. The van der Waals surface area contributed by atoms with Crippen LogP contribution in [0.4, 0.5) is 4.39 Å². The molecule has 0 saturated heterocycles. The van der Waals surface area contributed by atoms with E-state index in [2.05, 4.69) is 18.8 Å². The standard InChI is InChI=1S/C27H32FNO2/c1-3-4-8-17-31-20(2)9-6-5-7-10-21-11-12-23(19-25(21)28)26-15-13-22-18-24(30)14-16-27(22)29-26/h7,10-16,18-20,30H,3-6,8-9,17H2,1-2H3/b10-7+. The van der Waals surface area contributed by atoms with E-state index < -0.39 is 0 Å². The van der Waals surface area contributed by atoms with E-state index in [1.54, 1.807) is 24.3 Å². The van der Waals surface area contributed by atoms with Gasteiger partial charge in [-0.1, -0.05) is 50.1 Å². The van der Waals surface area contributed by atoms with Crippen molar-refractivity contribution in [2.24, 2.45) is 0 Å². The van der Waals surface area contributed by atoms with E-state index in [-0.39, 0.29) is 17.7 Å². The van der Waals surface area contributed by atoms with Crippen molar-refractivity contribution < 1.29 is 14.2 Å². The summed E-state index contributed by atoms with van der Waals surface area (Å²) >= 11 is 0. The summed E-state index contributed by atoms with van der Waals surface area (Å²) in [6.07, 6.45) is 10.7. The normalized spacial score (nSPS) is 12.6. The lowest BCUT2D eigenvalue weighted by Gasteiger charge is -2.12. The molecular formula is C27H32FNO2. The molecule has 2 aromatic carbocycles. The van der Waals surface area contributed by atoms with Crippen molar-refractivity contribution >= 4 is 17.0 Å². The van der Waals surface area contributed by atoms with Crippen molar-refractivity contribution in [3.05, 3.63) is 66.0 Å². The fraction of sp³-hybridized carbons (Fsp3) is 0.370. The molecule has 1 heterocycles. The molecule has 0 fully saturated rings. The molecule has 1 atom stereocenters. The molecule has 164 valence electrons. The first kappa shape index (κ1) is 23.0. The SMILES string of the molecule is CCCCCOC(C)CCC/C=C/c1ccc(-c2ccc3cc(O)ccc3n2)cc1F. The van der Waals surface area contributed by atoms with E-state index in [0.29, 0.717) is 11.3 Å². The number of allylic oxidation sites excluding steroid dienone is 1. The Bertz CT molecular complexity index is 1020. The lowest BCUT2D eigenvalue weighted by Crippen LogP contribution is -2.08. The van der Waals surface area contributed by atoms with Gasteiger partial charge in [-0.2, -0.15) is 0 Å². The van der Waals surface area contributed by atoms with Gasteiger partial charge in [-0.15, -0.1) is 0 Å². The number of aromatic nitrogens is 1. The molecule has 0 saturated carbocycles. The highest BCUT2D eigenvalue weighted by Gasteiger charge is 2.06. The molecule has 0 amide bonds. The molecule has 0 spiro atoms. The molecule has 1 unspecified atom stereocenters. The molecule has 1 aromatic heterocycles. The van der Waals surface area contributed by atoms with E-state index >= 15 is 0 Å². The zero-order chi connectivity index (χ0) is 22.1. The molecule has 3 aromatic rings. The van der Waals surface area contributed by atoms with Crippen LogP contribution in [0.1, 0.15) is 57.9 Å². The van der Waals surface area contributed by atoms with Crippen molar-refractivity contribution in [2.45, 2.75) is 58.5 Å². The topological polar surface area (TPSA) is 42.4 Å². The number of benzene rings is 2. The van der Waals surface area contributed by atoms with E-state index in [4.69, 9.17) is 4.74 Å². The summed E-state index contributed by atoms with van der Waals surface area (Å²) in [6, 6.07) is 14.0. The number of phenolic OH excluding ortho intramolecular Hbond substituents is 1. The molecule has 3 rings (SSSR count). The summed E-state index contributed by atoms with van der Waals surface area (Å²) in [4.78, 5) is 4.58. The Kier molecular flexibility index (Phi) is 8.60. The Hall–Kier alpha value is -2.72. The van der Waals surface area contributed by atoms with Crippen LogP contribution in [0.25, 0.3) is 28.2 Å². The Morgan fingerprint density at radius 3 is 2.74 bits per heavy atom. The molecule has 3 nitrogen and oxygen atoms in total. The van der Waals surface area contributed by atoms with Crippen LogP contribution in [0, 0.1) is 5.82 Å². The predicted octanol–water partition coefficient (Wildman–Crippen LogP) is 7.53. The first-order valence-electron chi connectivity index (χ1n) is 11.2. The third-order valence-electron chi connectivity index (χ3n) is 5.40. The Balaban J connectivity index is 1.53. The fourth-order valence-electron chi connectivity index (χ4n) is 3.55. The monoisotopic (exact) mass is 421 g/mol. The summed E-state index contributed by atoms with van der Waals surface area (Å²) in [5, 5.41) is 10.4. The van der Waals surface area contributed by atoms with Gasteiger partial charge in [0.2, 0.25) is 0 Å². The molecule has 0 aliphatic heterocycles. The lowest BCUT2D eigenvalue weighted by molar-refractivity contribution is 0.0566. The van der Waals surface area contributed by atoms with Gasteiger partial charge in [0.05, 0.1) is 17.3 Å². The highest BCUT2D eigenvalue weighted by atomic mass is 19.1. The van der Waals surface area contributed by atoms with Crippen molar-refractivity contribution in [2.75, 3.05) is 6.61 Å². The van der Waals surface area contributed by atoms with E-state index in [1.165, 1.54) is 18.9 Å². The maximum Gasteiger partial charge on any atom is 0.131 e. The minimum Gasteiger partial charge on any atom is -0.508 e. The lowest BCUT2D eigenvalue weighted by atomic mass is 10.1. The highest BCUT2D eigenvalue weighted by Crippen LogP contribution is 2.25. The van der Waals surface area contributed by atoms with Crippen molar-refractivity contribution in [3.8, 4) is 17.0 Å². The first-order valence-corrected chi connectivity index (χ1v) is 11.2. The molecule has 31 heavy (non-hydrogen) atoms. The number of nitrogens with zero attached hydrogens (tertiary/aromatic N) is 1. The van der Waals surface area contributed by atoms with Gasteiger partial charge < -0.3 is 9.84 Å².